The molecule has 4 heterocycles. The molecular weight excluding hydrogens is 394 g/mol. The highest BCUT2D eigenvalue weighted by molar-refractivity contribution is 5.79. The van der Waals surface area contributed by atoms with Gasteiger partial charge >= 0.3 is 0 Å². The van der Waals surface area contributed by atoms with E-state index in [-0.39, 0.29) is 6.04 Å². The SMILES string of the molecule is CCC(O)Cn1cc(-c2cnc(-n3ncc4cc(C#N)cnc43)cc2NC(C)C)nn1. The second kappa shape index (κ2) is 8.49. The normalized spacial score (nSPS) is 12.3. The standard InChI is InChI=1S/C21H23N9O/c1-4-16(31)11-29-12-19(27-28-29)17-10-23-20(6-18(17)26-13(2)3)30-21-15(9-25-30)5-14(7-22)8-24-21/h5-6,8-10,12-13,16,31H,4,11H2,1-3H3,(H,23,26). The van der Waals surface area contributed by atoms with E-state index < -0.39 is 6.10 Å². The molecule has 4 aromatic heterocycles. The van der Waals surface area contributed by atoms with Gasteiger partial charge < -0.3 is 10.4 Å². The van der Waals surface area contributed by atoms with Gasteiger partial charge in [0.2, 0.25) is 0 Å². The summed E-state index contributed by atoms with van der Waals surface area (Å²) in [6.07, 6.45) is 6.89. The van der Waals surface area contributed by atoms with E-state index in [4.69, 9.17) is 5.26 Å². The van der Waals surface area contributed by atoms with E-state index in [2.05, 4.69) is 36.8 Å². The molecule has 0 saturated carbocycles. The van der Waals surface area contributed by atoms with Crippen LogP contribution in [0.2, 0.25) is 0 Å². The molecule has 4 aromatic rings. The number of aromatic nitrogens is 7. The molecule has 0 bridgehead atoms. The summed E-state index contributed by atoms with van der Waals surface area (Å²) in [5.74, 6) is 0.591. The lowest BCUT2D eigenvalue weighted by Crippen LogP contribution is -2.15. The van der Waals surface area contributed by atoms with E-state index >= 15 is 0 Å². The van der Waals surface area contributed by atoms with Gasteiger partial charge in [-0.3, -0.25) is 0 Å². The maximum absolute atomic E-state index is 9.88. The number of nitrogens with zero attached hydrogens (tertiary/aromatic N) is 8. The number of rotatable bonds is 7. The zero-order valence-electron chi connectivity index (χ0n) is 17.6. The van der Waals surface area contributed by atoms with Crippen LogP contribution in [0.3, 0.4) is 0 Å². The molecule has 1 unspecified atom stereocenters. The summed E-state index contributed by atoms with van der Waals surface area (Å²) >= 11 is 0. The first-order valence-electron chi connectivity index (χ1n) is 10.1. The molecule has 0 aliphatic carbocycles. The first-order chi connectivity index (χ1) is 15.0. The number of aliphatic hydroxyl groups excluding tert-OH is 1. The van der Waals surface area contributed by atoms with Gasteiger partial charge in [-0.15, -0.1) is 5.10 Å². The first-order valence-corrected chi connectivity index (χ1v) is 10.1. The van der Waals surface area contributed by atoms with Crippen LogP contribution in [0.5, 0.6) is 0 Å². The molecule has 10 nitrogen and oxygen atoms in total. The minimum atomic E-state index is -0.467. The van der Waals surface area contributed by atoms with Crippen molar-refractivity contribution in [2.75, 3.05) is 5.32 Å². The molecule has 0 aromatic carbocycles. The van der Waals surface area contributed by atoms with Crippen molar-refractivity contribution in [2.24, 2.45) is 0 Å². The van der Waals surface area contributed by atoms with Crippen LogP contribution in [0.4, 0.5) is 5.69 Å². The van der Waals surface area contributed by atoms with Crippen LogP contribution in [-0.2, 0) is 6.54 Å². The highest BCUT2D eigenvalue weighted by Crippen LogP contribution is 2.28. The molecule has 0 saturated heterocycles. The zero-order chi connectivity index (χ0) is 22.0. The van der Waals surface area contributed by atoms with Crippen molar-refractivity contribution in [3.8, 4) is 23.1 Å². The molecule has 0 amide bonds. The first kappa shape index (κ1) is 20.4. The van der Waals surface area contributed by atoms with Crippen molar-refractivity contribution in [1.82, 2.24) is 34.7 Å². The van der Waals surface area contributed by atoms with Gasteiger partial charge in [0.1, 0.15) is 11.8 Å². The zero-order valence-corrected chi connectivity index (χ0v) is 17.6. The largest absolute Gasteiger partial charge is 0.391 e. The minimum absolute atomic E-state index is 0.177. The molecule has 0 aliphatic rings. The summed E-state index contributed by atoms with van der Waals surface area (Å²) in [4.78, 5) is 8.94. The van der Waals surface area contributed by atoms with Gasteiger partial charge in [0.15, 0.2) is 11.5 Å². The number of pyridine rings is 2. The Morgan fingerprint density at radius 3 is 2.77 bits per heavy atom. The summed E-state index contributed by atoms with van der Waals surface area (Å²) < 4.78 is 3.27. The summed E-state index contributed by atoms with van der Waals surface area (Å²) in [5.41, 5.74) is 3.39. The average molecular weight is 417 g/mol. The second-order valence-electron chi connectivity index (χ2n) is 7.58. The maximum atomic E-state index is 9.88. The molecule has 2 N–H and O–H groups in total. The molecule has 0 radical (unpaired) electrons. The topological polar surface area (TPSA) is 130 Å². The van der Waals surface area contributed by atoms with Crippen LogP contribution in [0.15, 0.2) is 36.9 Å². The fraction of sp³-hybridized carbons (Fsp3) is 0.333. The Morgan fingerprint density at radius 1 is 1.19 bits per heavy atom. The Balaban J connectivity index is 1.74. The van der Waals surface area contributed by atoms with E-state index in [1.54, 1.807) is 34.0 Å². The number of hydrogen-bond acceptors (Lipinski definition) is 8. The molecule has 0 spiro atoms. The second-order valence-corrected chi connectivity index (χ2v) is 7.58. The molecule has 1 atom stereocenters. The number of nitriles is 1. The van der Waals surface area contributed by atoms with Crippen LogP contribution in [-0.4, -0.2) is 52.0 Å². The van der Waals surface area contributed by atoms with Crippen molar-refractivity contribution in [3.05, 3.63) is 42.5 Å². The fourth-order valence-corrected chi connectivity index (χ4v) is 3.20. The number of fused-ring (bicyclic) bond motifs is 1. The van der Waals surface area contributed by atoms with E-state index in [1.165, 1.54) is 6.20 Å². The van der Waals surface area contributed by atoms with Gasteiger partial charge in [0, 0.05) is 41.1 Å². The lowest BCUT2D eigenvalue weighted by atomic mass is 10.1. The molecule has 31 heavy (non-hydrogen) atoms. The highest BCUT2D eigenvalue weighted by atomic mass is 16.3. The molecule has 10 heteroatoms. The molecule has 158 valence electrons. The monoisotopic (exact) mass is 417 g/mol. The van der Waals surface area contributed by atoms with Crippen molar-refractivity contribution in [2.45, 2.75) is 45.9 Å². The summed E-state index contributed by atoms with van der Waals surface area (Å²) in [6.45, 7) is 6.40. The van der Waals surface area contributed by atoms with E-state index in [0.29, 0.717) is 35.7 Å². The van der Waals surface area contributed by atoms with Crippen LogP contribution in [0.1, 0.15) is 32.8 Å². The smallest absolute Gasteiger partial charge is 0.164 e. The van der Waals surface area contributed by atoms with Crippen LogP contribution >= 0.6 is 0 Å². The predicted molar refractivity (Wildman–Crippen MR) is 115 cm³/mol. The van der Waals surface area contributed by atoms with E-state index in [9.17, 15) is 5.11 Å². The summed E-state index contributed by atoms with van der Waals surface area (Å²) in [5, 5.41) is 35.9. The lowest BCUT2D eigenvalue weighted by Gasteiger charge is -2.15. The van der Waals surface area contributed by atoms with E-state index in [0.717, 1.165) is 16.6 Å². The number of nitrogens with one attached hydrogen (secondary N) is 1. The summed E-state index contributed by atoms with van der Waals surface area (Å²) in [7, 11) is 0. The van der Waals surface area contributed by atoms with Crippen molar-refractivity contribution >= 4 is 16.7 Å². The van der Waals surface area contributed by atoms with Gasteiger partial charge in [-0.2, -0.15) is 15.0 Å². The number of aliphatic hydroxyl groups is 1. The minimum Gasteiger partial charge on any atom is -0.391 e. The van der Waals surface area contributed by atoms with Gasteiger partial charge in [0.25, 0.3) is 0 Å². The van der Waals surface area contributed by atoms with Gasteiger partial charge in [-0.05, 0) is 26.3 Å². The average Bonchev–Trinajstić information content (AvgIpc) is 3.39. The van der Waals surface area contributed by atoms with Gasteiger partial charge in [-0.1, -0.05) is 12.1 Å². The van der Waals surface area contributed by atoms with Crippen LogP contribution in [0.25, 0.3) is 28.1 Å². The van der Waals surface area contributed by atoms with Crippen molar-refractivity contribution in [3.63, 3.8) is 0 Å². The Kier molecular flexibility index (Phi) is 5.60. The molecule has 0 fully saturated rings. The fourth-order valence-electron chi connectivity index (χ4n) is 3.20. The van der Waals surface area contributed by atoms with Crippen LogP contribution < -0.4 is 5.32 Å². The van der Waals surface area contributed by atoms with Gasteiger partial charge in [0.05, 0.1) is 30.6 Å². The predicted octanol–water partition coefficient (Wildman–Crippen LogP) is 2.54. The van der Waals surface area contributed by atoms with E-state index in [1.807, 2.05) is 26.8 Å². The Labute approximate surface area is 179 Å². The molecule has 4 rings (SSSR count). The summed E-state index contributed by atoms with van der Waals surface area (Å²) in [6, 6.07) is 5.90. The maximum Gasteiger partial charge on any atom is 0.164 e. The Bertz CT molecular complexity index is 1250. The highest BCUT2D eigenvalue weighted by Gasteiger charge is 2.16. The van der Waals surface area contributed by atoms with Gasteiger partial charge in [-0.25, -0.2) is 14.6 Å². The Hall–Kier alpha value is -3.84. The third kappa shape index (κ3) is 4.22. The molecule has 0 aliphatic heterocycles. The van der Waals surface area contributed by atoms with Crippen molar-refractivity contribution < 1.29 is 5.11 Å². The van der Waals surface area contributed by atoms with Crippen molar-refractivity contribution in [1.29, 1.82) is 5.26 Å². The quantitative estimate of drug-likeness (QED) is 0.469. The third-order valence-corrected chi connectivity index (χ3v) is 4.77. The Morgan fingerprint density at radius 2 is 2.03 bits per heavy atom. The molecular formula is C21H23N9O. The van der Waals surface area contributed by atoms with Crippen LogP contribution in [0, 0.1) is 11.3 Å². The number of anilines is 1. The third-order valence-electron chi connectivity index (χ3n) is 4.77. The number of hydrogen-bond donors (Lipinski definition) is 2. The lowest BCUT2D eigenvalue weighted by molar-refractivity contribution is 0.144.